The van der Waals surface area contributed by atoms with Crippen LogP contribution in [0.25, 0.3) is 11.0 Å². The van der Waals surface area contributed by atoms with Crippen LogP contribution in [0.15, 0.2) is 97.1 Å². The second-order valence-corrected chi connectivity index (χ2v) is 10.3. The van der Waals surface area contributed by atoms with Gasteiger partial charge in [0.2, 0.25) is 5.91 Å². The average molecular weight is 566 g/mol. The van der Waals surface area contributed by atoms with Crippen LogP contribution in [0.3, 0.4) is 0 Å². The summed E-state index contributed by atoms with van der Waals surface area (Å²) >= 11 is 0. The van der Waals surface area contributed by atoms with Gasteiger partial charge in [-0.05, 0) is 59.5 Å². The zero-order chi connectivity index (χ0) is 29.6. The van der Waals surface area contributed by atoms with Gasteiger partial charge < -0.3 is 15.0 Å². The zero-order valence-corrected chi connectivity index (χ0v) is 23.7. The molecule has 1 heterocycles. The van der Waals surface area contributed by atoms with Crippen LogP contribution in [0, 0.1) is 5.82 Å². The fourth-order valence-corrected chi connectivity index (χ4v) is 4.81. The van der Waals surface area contributed by atoms with Gasteiger partial charge >= 0.3 is 0 Å². The number of amides is 2. The SMILES string of the molecule is COc1ccc(NC(=O)C(c2ccc(C(C)C)cc2)N(Cc2ccccc2F)C(=O)Cn2nnc3ccccc32)cc1. The van der Waals surface area contributed by atoms with E-state index in [2.05, 4.69) is 29.5 Å². The van der Waals surface area contributed by atoms with Gasteiger partial charge in [0.1, 0.15) is 29.7 Å². The van der Waals surface area contributed by atoms with Crippen molar-refractivity contribution in [3.8, 4) is 5.75 Å². The summed E-state index contributed by atoms with van der Waals surface area (Å²) in [6, 6.07) is 27.0. The highest BCUT2D eigenvalue weighted by atomic mass is 19.1. The number of nitrogens with one attached hydrogen (secondary N) is 1. The first-order valence-electron chi connectivity index (χ1n) is 13.7. The molecule has 1 aromatic heterocycles. The largest absolute Gasteiger partial charge is 0.497 e. The van der Waals surface area contributed by atoms with Crippen LogP contribution in [-0.4, -0.2) is 38.8 Å². The Bertz CT molecular complexity index is 1680. The molecule has 42 heavy (non-hydrogen) atoms. The molecule has 0 radical (unpaired) electrons. The van der Waals surface area contributed by atoms with Crippen molar-refractivity contribution in [3.05, 3.63) is 120 Å². The summed E-state index contributed by atoms with van der Waals surface area (Å²) in [7, 11) is 1.56. The van der Waals surface area contributed by atoms with Crippen molar-refractivity contribution < 1.29 is 18.7 Å². The molecule has 5 aromatic rings. The van der Waals surface area contributed by atoms with E-state index in [9.17, 15) is 14.0 Å². The number of para-hydroxylation sites is 1. The molecule has 0 fully saturated rings. The van der Waals surface area contributed by atoms with E-state index in [1.54, 1.807) is 49.6 Å². The van der Waals surface area contributed by atoms with Crippen molar-refractivity contribution in [2.75, 3.05) is 12.4 Å². The Morgan fingerprint density at radius 1 is 0.905 bits per heavy atom. The molecule has 0 aliphatic carbocycles. The number of halogens is 1. The fourth-order valence-electron chi connectivity index (χ4n) is 4.81. The van der Waals surface area contributed by atoms with Gasteiger partial charge in [0.25, 0.3) is 5.91 Å². The Balaban J connectivity index is 1.56. The molecule has 2 amide bonds. The third-order valence-corrected chi connectivity index (χ3v) is 7.16. The topological polar surface area (TPSA) is 89.4 Å². The zero-order valence-electron chi connectivity index (χ0n) is 23.7. The number of carbonyl (C=O) groups is 2. The molecule has 9 heteroatoms. The minimum absolute atomic E-state index is 0.134. The van der Waals surface area contributed by atoms with Crippen LogP contribution in [0.2, 0.25) is 0 Å². The smallest absolute Gasteiger partial charge is 0.251 e. The van der Waals surface area contributed by atoms with Crippen LogP contribution < -0.4 is 10.1 Å². The first kappa shape index (κ1) is 28.5. The van der Waals surface area contributed by atoms with Gasteiger partial charge in [-0.15, -0.1) is 5.10 Å². The number of hydrogen-bond donors (Lipinski definition) is 1. The molecule has 0 bridgehead atoms. The van der Waals surface area contributed by atoms with E-state index in [0.717, 1.165) is 5.56 Å². The lowest BCUT2D eigenvalue weighted by molar-refractivity contribution is -0.140. The third kappa shape index (κ3) is 6.30. The van der Waals surface area contributed by atoms with Gasteiger partial charge in [-0.25, -0.2) is 9.07 Å². The normalized spacial score (nSPS) is 11.8. The number of rotatable bonds is 10. The van der Waals surface area contributed by atoms with Gasteiger partial charge in [-0.2, -0.15) is 0 Å². The van der Waals surface area contributed by atoms with E-state index in [0.29, 0.717) is 28.0 Å². The molecule has 214 valence electrons. The molecule has 0 aliphatic rings. The first-order chi connectivity index (χ1) is 20.3. The predicted molar refractivity (Wildman–Crippen MR) is 159 cm³/mol. The van der Waals surface area contributed by atoms with E-state index < -0.39 is 23.7 Å². The van der Waals surface area contributed by atoms with Gasteiger partial charge in [0.05, 0.1) is 12.6 Å². The van der Waals surface area contributed by atoms with Crippen molar-refractivity contribution in [1.82, 2.24) is 19.9 Å². The maximum Gasteiger partial charge on any atom is 0.251 e. The van der Waals surface area contributed by atoms with Crippen LogP contribution in [0.1, 0.15) is 42.5 Å². The molecule has 0 spiro atoms. The number of carbonyl (C=O) groups excluding carboxylic acids is 2. The van der Waals surface area contributed by atoms with Crippen LogP contribution in [0.4, 0.5) is 10.1 Å². The Morgan fingerprint density at radius 3 is 2.26 bits per heavy atom. The summed E-state index contributed by atoms with van der Waals surface area (Å²) in [5.41, 5.74) is 3.83. The number of benzene rings is 4. The summed E-state index contributed by atoms with van der Waals surface area (Å²) in [6.07, 6.45) is 0. The Hall–Kier alpha value is -5.05. The number of methoxy groups -OCH3 is 1. The molecular weight excluding hydrogens is 533 g/mol. The van der Waals surface area contributed by atoms with Gasteiger partial charge in [-0.3, -0.25) is 9.59 Å². The van der Waals surface area contributed by atoms with E-state index in [-0.39, 0.29) is 24.6 Å². The average Bonchev–Trinajstić information content (AvgIpc) is 3.41. The lowest BCUT2D eigenvalue weighted by Crippen LogP contribution is -2.42. The molecule has 5 rings (SSSR count). The van der Waals surface area contributed by atoms with Crippen molar-refractivity contribution in [2.45, 2.75) is 38.9 Å². The standard InChI is InChI=1S/C33H32FN5O3/c1-22(2)23-12-14-24(15-13-23)32(33(41)35-26-16-18-27(42-3)19-17-26)38(20-25-8-4-5-9-28(25)34)31(40)21-39-30-11-7-6-10-29(30)36-37-39/h4-19,22,32H,20-21H2,1-3H3,(H,35,41). The maximum atomic E-state index is 14.9. The summed E-state index contributed by atoms with van der Waals surface area (Å²) in [4.78, 5) is 29.6. The van der Waals surface area contributed by atoms with E-state index in [1.165, 1.54) is 15.6 Å². The van der Waals surface area contributed by atoms with E-state index >= 15 is 0 Å². The lowest BCUT2D eigenvalue weighted by Gasteiger charge is -2.32. The number of fused-ring (bicyclic) bond motifs is 1. The molecule has 1 atom stereocenters. The molecule has 8 nitrogen and oxygen atoms in total. The monoisotopic (exact) mass is 565 g/mol. The van der Waals surface area contributed by atoms with Gasteiger partial charge in [0, 0.05) is 17.8 Å². The van der Waals surface area contributed by atoms with Crippen LogP contribution in [-0.2, 0) is 22.7 Å². The molecule has 4 aromatic carbocycles. The number of hydrogen-bond acceptors (Lipinski definition) is 5. The number of aromatic nitrogens is 3. The Morgan fingerprint density at radius 2 is 1.57 bits per heavy atom. The number of anilines is 1. The highest BCUT2D eigenvalue weighted by Crippen LogP contribution is 2.29. The van der Waals surface area contributed by atoms with Crippen LogP contribution in [0.5, 0.6) is 5.75 Å². The van der Waals surface area contributed by atoms with Crippen molar-refractivity contribution >= 4 is 28.5 Å². The highest BCUT2D eigenvalue weighted by Gasteiger charge is 2.33. The summed E-state index contributed by atoms with van der Waals surface area (Å²) in [5, 5.41) is 11.3. The summed E-state index contributed by atoms with van der Waals surface area (Å²) in [6.45, 7) is 3.84. The minimum Gasteiger partial charge on any atom is -0.497 e. The summed E-state index contributed by atoms with van der Waals surface area (Å²) < 4.78 is 21.7. The molecule has 0 saturated carbocycles. The number of nitrogens with zero attached hydrogens (tertiary/aromatic N) is 4. The molecule has 1 unspecified atom stereocenters. The van der Waals surface area contributed by atoms with Crippen molar-refractivity contribution in [2.24, 2.45) is 0 Å². The molecular formula is C33H32FN5O3. The lowest BCUT2D eigenvalue weighted by atomic mass is 9.97. The highest BCUT2D eigenvalue weighted by molar-refractivity contribution is 5.98. The Labute approximate surface area is 243 Å². The molecule has 0 aliphatic heterocycles. The summed E-state index contributed by atoms with van der Waals surface area (Å²) in [5.74, 6) is -0.402. The minimum atomic E-state index is -1.07. The van der Waals surface area contributed by atoms with Crippen LogP contribution >= 0.6 is 0 Å². The first-order valence-corrected chi connectivity index (χ1v) is 13.7. The fraction of sp³-hybridized carbons (Fsp3) is 0.212. The van der Waals surface area contributed by atoms with Crippen molar-refractivity contribution in [1.29, 1.82) is 0 Å². The third-order valence-electron chi connectivity index (χ3n) is 7.16. The van der Waals surface area contributed by atoms with E-state index in [1.807, 2.05) is 48.5 Å². The second kappa shape index (κ2) is 12.6. The molecule has 1 N–H and O–H groups in total. The molecule has 0 saturated heterocycles. The predicted octanol–water partition coefficient (Wildman–Crippen LogP) is 6.11. The maximum absolute atomic E-state index is 14.9. The Kier molecular flexibility index (Phi) is 8.57. The quantitative estimate of drug-likeness (QED) is 0.221. The van der Waals surface area contributed by atoms with Crippen molar-refractivity contribution in [3.63, 3.8) is 0 Å². The second-order valence-electron chi connectivity index (χ2n) is 10.3. The van der Waals surface area contributed by atoms with E-state index in [4.69, 9.17) is 4.74 Å². The number of ether oxygens (including phenoxy) is 1. The van der Waals surface area contributed by atoms with Gasteiger partial charge in [-0.1, -0.05) is 73.7 Å². The van der Waals surface area contributed by atoms with Gasteiger partial charge in [0.15, 0.2) is 0 Å².